The maximum Gasteiger partial charge on any atom is 0.268 e. The highest BCUT2D eigenvalue weighted by molar-refractivity contribution is 7.11. The SMILES string of the molecule is Cc1nc(C(C)C)sc1CNC(=O)c1cccn1C1CC1. The zero-order chi connectivity index (χ0) is 15.0. The zero-order valence-electron chi connectivity index (χ0n) is 12.7. The average Bonchev–Trinajstić information content (AvgIpc) is 3.05. The van der Waals surface area contributed by atoms with Gasteiger partial charge in [0.1, 0.15) is 5.69 Å². The van der Waals surface area contributed by atoms with Crippen LogP contribution in [0, 0.1) is 6.92 Å². The lowest BCUT2D eigenvalue weighted by Crippen LogP contribution is -2.25. The molecule has 0 atom stereocenters. The van der Waals surface area contributed by atoms with Crippen LogP contribution in [0.3, 0.4) is 0 Å². The maximum atomic E-state index is 12.3. The molecule has 1 aliphatic rings. The summed E-state index contributed by atoms with van der Waals surface area (Å²) in [5.74, 6) is 0.441. The highest BCUT2D eigenvalue weighted by Gasteiger charge is 2.26. The summed E-state index contributed by atoms with van der Waals surface area (Å²) in [5.41, 5.74) is 1.80. The normalized spacial score (nSPS) is 14.7. The average molecular weight is 303 g/mol. The predicted molar refractivity (Wildman–Crippen MR) is 84.8 cm³/mol. The van der Waals surface area contributed by atoms with Crippen molar-refractivity contribution >= 4 is 17.2 Å². The molecule has 4 nitrogen and oxygen atoms in total. The van der Waals surface area contributed by atoms with Crippen molar-refractivity contribution in [2.75, 3.05) is 0 Å². The Morgan fingerprint density at radius 1 is 1.52 bits per heavy atom. The van der Waals surface area contributed by atoms with Gasteiger partial charge in [0.05, 0.1) is 17.2 Å². The van der Waals surface area contributed by atoms with E-state index in [1.54, 1.807) is 11.3 Å². The van der Waals surface area contributed by atoms with Gasteiger partial charge in [0.25, 0.3) is 5.91 Å². The van der Waals surface area contributed by atoms with Gasteiger partial charge < -0.3 is 9.88 Å². The van der Waals surface area contributed by atoms with Gasteiger partial charge in [-0.05, 0) is 31.9 Å². The van der Waals surface area contributed by atoms with Crippen molar-refractivity contribution in [3.8, 4) is 0 Å². The standard InChI is InChI=1S/C16H21N3OS/c1-10(2)16-18-11(3)14(21-16)9-17-15(20)13-5-4-8-19(13)12-6-7-12/h4-5,8,10,12H,6-7,9H2,1-3H3,(H,17,20). The number of thiazole rings is 1. The molecule has 2 aromatic heterocycles. The first kappa shape index (κ1) is 14.3. The van der Waals surface area contributed by atoms with Crippen molar-refractivity contribution in [1.82, 2.24) is 14.9 Å². The van der Waals surface area contributed by atoms with E-state index in [4.69, 9.17) is 0 Å². The Bertz CT molecular complexity index is 652. The number of aromatic nitrogens is 2. The van der Waals surface area contributed by atoms with Gasteiger partial charge in [-0.25, -0.2) is 4.98 Å². The number of rotatable bonds is 5. The van der Waals surface area contributed by atoms with E-state index in [1.165, 1.54) is 12.8 Å². The van der Waals surface area contributed by atoms with Crippen LogP contribution >= 0.6 is 11.3 Å². The van der Waals surface area contributed by atoms with Crippen LogP contribution in [-0.4, -0.2) is 15.5 Å². The van der Waals surface area contributed by atoms with E-state index in [9.17, 15) is 4.79 Å². The highest BCUT2D eigenvalue weighted by atomic mass is 32.1. The molecule has 2 heterocycles. The number of hydrogen-bond donors (Lipinski definition) is 1. The van der Waals surface area contributed by atoms with Crippen LogP contribution in [0.25, 0.3) is 0 Å². The van der Waals surface area contributed by atoms with E-state index in [2.05, 4.69) is 28.7 Å². The maximum absolute atomic E-state index is 12.3. The van der Waals surface area contributed by atoms with Crippen molar-refractivity contribution in [3.05, 3.63) is 39.6 Å². The molecule has 112 valence electrons. The van der Waals surface area contributed by atoms with Crippen molar-refractivity contribution in [1.29, 1.82) is 0 Å². The summed E-state index contributed by atoms with van der Waals surface area (Å²) in [7, 11) is 0. The fourth-order valence-corrected chi connectivity index (χ4v) is 3.38. The number of amides is 1. The van der Waals surface area contributed by atoms with Crippen LogP contribution in [0.2, 0.25) is 0 Å². The summed E-state index contributed by atoms with van der Waals surface area (Å²) < 4.78 is 2.09. The van der Waals surface area contributed by atoms with E-state index >= 15 is 0 Å². The van der Waals surface area contributed by atoms with Crippen LogP contribution in [0.5, 0.6) is 0 Å². The van der Waals surface area contributed by atoms with Crippen LogP contribution in [0.1, 0.15) is 64.7 Å². The highest BCUT2D eigenvalue weighted by Crippen LogP contribution is 2.36. The van der Waals surface area contributed by atoms with Crippen LogP contribution < -0.4 is 5.32 Å². The van der Waals surface area contributed by atoms with Crippen LogP contribution in [0.15, 0.2) is 18.3 Å². The fourth-order valence-electron chi connectivity index (χ4n) is 2.37. The minimum atomic E-state index is 0.00537. The number of hydrogen-bond acceptors (Lipinski definition) is 3. The first-order valence-corrected chi connectivity index (χ1v) is 8.29. The molecule has 2 aromatic rings. The third kappa shape index (κ3) is 3.02. The molecule has 0 spiro atoms. The zero-order valence-corrected chi connectivity index (χ0v) is 13.5. The van der Waals surface area contributed by atoms with E-state index in [1.807, 2.05) is 25.3 Å². The lowest BCUT2D eigenvalue weighted by molar-refractivity contribution is 0.0942. The summed E-state index contributed by atoms with van der Waals surface area (Å²) in [6.07, 6.45) is 4.36. The Hall–Kier alpha value is -1.62. The van der Waals surface area contributed by atoms with Crippen molar-refractivity contribution in [3.63, 3.8) is 0 Å². The summed E-state index contributed by atoms with van der Waals surface area (Å²) in [6.45, 7) is 6.86. The quantitative estimate of drug-likeness (QED) is 0.916. The van der Waals surface area contributed by atoms with Gasteiger partial charge in [0.2, 0.25) is 0 Å². The van der Waals surface area contributed by atoms with Gasteiger partial charge in [0.15, 0.2) is 0 Å². The first-order valence-electron chi connectivity index (χ1n) is 7.47. The lowest BCUT2D eigenvalue weighted by Gasteiger charge is -2.08. The van der Waals surface area contributed by atoms with Gasteiger partial charge in [-0.3, -0.25) is 4.79 Å². The monoisotopic (exact) mass is 303 g/mol. The summed E-state index contributed by atoms with van der Waals surface area (Å²) in [5, 5.41) is 4.17. The number of carbonyl (C=O) groups is 1. The van der Waals surface area contributed by atoms with Crippen LogP contribution in [-0.2, 0) is 6.54 Å². The Labute approximate surface area is 129 Å². The second kappa shape index (κ2) is 5.64. The smallest absolute Gasteiger partial charge is 0.268 e. The lowest BCUT2D eigenvalue weighted by atomic mass is 10.2. The van der Waals surface area contributed by atoms with E-state index in [0.29, 0.717) is 18.5 Å². The van der Waals surface area contributed by atoms with Crippen molar-refractivity contribution in [2.45, 2.75) is 52.1 Å². The minimum absolute atomic E-state index is 0.00537. The molecule has 5 heteroatoms. The fraction of sp³-hybridized carbons (Fsp3) is 0.500. The molecule has 1 saturated carbocycles. The molecule has 0 aromatic carbocycles. The third-order valence-corrected chi connectivity index (χ3v) is 5.22. The minimum Gasteiger partial charge on any atom is -0.346 e. The second-order valence-electron chi connectivity index (χ2n) is 5.93. The molecule has 1 N–H and O–H groups in total. The number of nitrogens with one attached hydrogen (secondary N) is 1. The van der Waals surface area contributed by atoms with Gasteiger partial charge in [-0.15, -0.1) is 11.3 Å². The summed E-state index contributed by atoms with van der Waals surface area (Å²) in [4.78, 5) is 18.1. The molecular formula is C16H21N3OS. The molecule has 0 bridgehead atoms. The molecule has 0 radical (unpaired) electrons. The molecule has 21 heavy (non-hydrogen) atoms. The Morgan fingerprint density at radius 3 is 2.90 bits per heavy atom. The topological polar surface area (TPSA) is 46.9 Å². The Kier molecular flexibility index (Phi) is 3.85. The van der Waals surface area contributed by atoms with Gasteiger partial charge in [-0.1, -0.05) is 13.8 Å². The third-order valence-electron chi connectivity index (χ3n) is 3.76. The van der Waals surface area contributed by atoms with Crippen molar-refractivity contribution < 1.29 is 4.79 Å². The molecule has 1 fully saturated rings. The molecule has 1 aliphatic carbocycles. The molecule has 1 amide bonds. The van der Waals surface area contributed by atoms with E-state index in [-0.39, 0.29) is 5.91 Å². The largest absolute Gasteiger partial charge is 0.346 e. The Morgan fingerprint density at radius 2 is 2.29 bits per heavy atom. The van der Waals surface area contributed by atoms with E-state index in [0.717, 1.165) is 21.3 Å². The molecule has 0 aliphatic heterocycles. The summed E-state index contributed by atoms with van der Waals surface area (Å²) >= 11 is 1.70. The van der Waals surface area contributed by atoms with Crippen LogP contribution in [0.4, 0.5) is 0 Å². The van der Waals surface area contributed by atoms with Gasteiger partial charge in [-0.2, -0.15) is 0 Å². The number of carbonyl (C=O) groups excluding carboxylic acids is 1. The van der Waals surface area contributed by atoms with E-state index < -0.39 is 0 Å². The molecule has 0 saturated heterocycles. The number of nitrogens with zero attached hydrogens (tertiary/aromatic N) is 2. The van der Waals surface area contributed by atoms with Gasteiger partial charge >= 0.3 is 0 Å². The van der Waals surface area contributed by atoms with Crippen molar-refractivity contribution in [2.24, 2.45) is 0 Å². The first-order chi connectivity index (χ1) is 10.1. The number of aryl methyl sites for hydroxylation is 1. The van der Waals surface area contributed by atoms with Gasteiger partial charge in [0, 0.05) is 23.0 Å². The molecule has 0 unspecified atom stereocenters. The summed E-state index contributed by atoms with van der Waals surface area (Å²) in [6, 6.07) is 4.37. The predicted octanol–water partition coefficient (Wildman–Crippen LogP) is 3.64. The second-order valence-corrected chi connectivity index (χ2v) is 7.05. The molecular weight excluding hydrogens is 282 g/mol. The Balaban J connectivity index is 1.67. The molecule has 3 rings (SSSR count).